The summed E-state index contributed by atoms with van der Waals surface area (Å²) in [6.07, 6.45) is 4.23. The van der Waals surface area contributed by atoms with Gasteiger partial charge in [0.1, 0.15) is 11.9 Å². The quantitative estimate of drug-likeness (QED) is 0.850. The molecule has 4 heteroatoms. The van der Waals surface area contributed by atoms with Crippen LogP contribution in [-0.4, -0.2) is 24.7 Å². The van der Waals surface area contributed by atoms with Crippen LogP contribution >= 0.6 is 0 Å². The van der Waals surface area contributed by atoms with Crippen molar-refractivity contribution in [2.45, 2.75) is 25.5 Å². The number of hydrogen-bond donors (Lipinski definition) is 1. The third kappa shape index (κ3) is 4.55. The van der Waals surface area contributed by atoms with E-state index >= 15 is 0 Å². The Morgan fingerprint density at radius 1 is 1.19 bits per heavy atom. The summed E-state index contributed by atoms with van der Waals surface area (Å²) in [7, 11) is 1.71. The molecule has 2 unspecified atom stereocenters. The Balaban J connectivity index is 2.07. The lowest BCUT2D eigenvalue weighted by atomic mass is 10.1. The van der Waals surface area contributed by atoms with Crippen LogP contribution in [0.3, 0.4) is 0 Å². The fraction of sp³-hybridized carbons (Fsp3) is 0.353. The number of methoxy groups -OCH3 is 1. The van der Waals surface area contributed by atoms with Crippen LogP contribution in [-0.2, 0) is 11.2 Å². The Hall–Kier alpha value is -1.91. The summed E-state index contributed by atoms with van der Waals surface area (Å²) in [5.41, 5.74) is 8.25. The Morgan fingerprint density at radius 3 is 2.52 bits per heavy atom. The first-order valence-corrected chi connectivity index (χ1v) is 7.10. The summed E-state index contributed by atoms with van der Waals surface area (Å²) >= 11 is 0. The van der Waals surface area contributed by atoms with E-state index in [4.69, 9.17) is 15.2 Å². The second kappa shape index (κ2) is 7.76. The van der Waals surface area contributed by atoms with Gasteiger partial charge in [0, 0.05) is 31.1 Å². The van der Waals surface area contributed by atoms with Gasteiger partial charge in [0.15, 0.2) is 0 Å². The number of aromatic nitrogens is 1. The lowest BCUT2D eigenvalue weighted by Crippen LogP contribution is -2.29. The van der Waals surface area contributed by atoms with Crippen molar-refractivity contribution in [2.24, 2.45) is 5.73 Å². The van der Waals surface area contributed by atoms with E-state index in [1.54, 1.807) is 19.5 Å². The highest BCUT2D eigenvalue weighted by molar-refractivity contribution is 5.28. The lowest BCUT2D eigenvalue weighted by molar-refractivity contribution is 0.180. The molecule has 1 aromatic carbocycles. The van der Waals surface area contributed by atoms with Crippen molar-refractivity contribution in [3.8, 4) is 5.75 Å². The van der Waals surface area contributed by atoms with Crippen LogP contribution in [0.1, 0.15) is 24.2 Å². The molecule has 0 amide bonds. The molecule has 0 radical (unpaired) electrons. The van der Waals surface area contributed by atoms with Gasteiger partial charge < -0.3 is 15.2 Å². The highest BCUT2D eigenvalue weighted by Crippen LogP contribution is 2.24. The SMILES string of the molecule is COCCc1ccc(OC(c2cccnc2)C(C)N)cc1. The molecule has 2 aromatic rings. The van der Waals surface area contributed by atoms with Crippen molar-refractivity contribution in [3.05, 3.63) is 59.9 Å². The average Bonchev–Trinajstić information content (AvgIpc) is 2.52. The minimum absolute atomic E-state index is 0.123. The maximum atomic E-state index is 6.04. The van der Waals surface area contributed by atoms with Gasteiger partial charge in [-0.3, -0.25) is 4.98 Å². The lowest BCUT2D eigenvalue weighted by Gasteiger charge is -2.22. The maximum absolute atomic E-state index is 6.04. The highest BCUT2D eigenvalue weighted by Gasteiger charge is 2.18. The van der Waals surface area contributed by atoms with E-state index < -0.39 is 0 Å². The smallest absolute Gasteiger partial charge is 0.140 e. The summed E-state index contributed by atoms with van der Waals surface area (Å²) in [6.45, 7) is 2.66. The number of ether oxygens (including phenoxy) is 2. The zero-order chi connectivity index (χ0) is 15.1. The number of rotatable bonds is 7. The number of hydrogen-bond acceptors (Lipinski definition) is 4. The molecule has 0 aliphatic heterocycles. The van der Waals surface area contributed by atoms with Gasteiger partial charge in [0.2, 0.25) is 0 Å². The van der Waals surface area contributed by atoms with E-state index in [0.717, 1.165) is 24.3 Å². The fourth-order valence-electron chi connectivity index (χ4n) is 2.12. The van der Waals surface area contributed by atoms with Gasteiger partial charge in [0.05, 0.1) is 6.61 Å². The molecular weight excluding hydrogens is 264 g/mol. The molecule has 21 heavy (non-hydrogen) atoms. The van der Waals surface area contributed by atoms with Gasteiger partial charge >= 0.3 is 0 Å². The summed E-state index contributed by atoms with van der Waals surface area (Å²) < 4.78 is 11.1. The second-order valence-electron chi connectivity index (χ2n) is 5.07. The second-order valence-corrected chi connectivity index (χ2v) is 5.07. The van der Waals surface area contributed by atoms with Crippen LogP contribution in [0.25, 0.3) is 0 Å². The van der Waals surface area contributed by atoms with E-state index in [2.05, 4.69) is 17.1 Å². The van der Waals surface area contributed by atoms with Gasteiger partial charge in [-0.1, -0.05) is 18.2 Å². The number of benzene rings is 1. The zero-order valence-electron chi connectivity index (χ0n) is 12.5. The Kier molecular flexibility index (Phi) is 5.72. The van der Waals surface area contributed by atoms with Crippen LogP contribution in [0.15, 0.2) is 48.8 Å². The van der Waals surface area contributed by atoms with Gasteiger partial charge in [-0.05, 0) is 37.1 Å². The summed E-state index contributed by atoms with van der Waals surface area (Å²) in [5, 5.41) is 0. The van der Waals surface area contributed by atoms with Crippen molar-refractivity contribution in [2.75, 3.05) is 13.7 Å². The van der Waals surface area contributed by atoms with E-state index in [-0.39, 0.29) is 12.1 Å². The first-order chi connectivity index (χ1) is 10.2. The van der Waals surface area contributed by atoms with Crippen molar-refractivity contribution in [1.82, 2.24) is 4.98 Å². The maximum Gasteiger partial charge on any atom is 0.140 e. The largest absolute Gasteiger partial charge is 0.484 e. The molecule has 0 fully saturated rings. The molecule has 0 spiro atoms. The standard InChI is InChI=1S/C17H22N2O2/c1-13(18)17(15-4-3-10-19-12-15)21-16-7-5-14(6-8-16)9-11-20-2/h3-8,10,12-13,17H,9,11,18H2,1-2H3. The monoisotopic (exact) mass is 286 g/mol. The molecule has 1 heterocycles. The molecule has 2 rings (SSSR count). The number of pyridine rings is 1. The first-order valence-electron chi connectivity index (χ1n) is 7.10. The third-order valence-corrected chi connectivity index (χ3v) is 3.27. The van der Waals surface area contributed by atoms with Gasteiger partial charge in [-0.15, -0.1) is 0 Å². The Labute approximate surface area is 125 Å². The highest BCUT2D eigenvalue weighted by atomic mass is 16.5. The molecule has 2 atom stereocenters. The topological polar surface area (TPSA) is 57.4 Å². The van der Waals surface area contributed by atoms with Crippen LogP contribution in [0.4, 0.5) is 0 Å². The predicted molar refractivity (Wildman–Crippen MR) is 83.3 cm³/mol. The third-order valence-electron chi connectivity index (χ3n) is 3.27. The zero-order valence-corrected chi connectivity index (χ0v) is 12.5. The van der Waals surface area contributed by atoms with Crippen LogP contribution in [0, 0.1) is 0 Å². The van der Waals surface area contributed by atoms with Crippen molar-refractivity contribution >= 4 is 0 Å². The predicted octanol–water partition coefficient (Wildman–Crippen LogP) is 2.74. The number of nitrogens with two attached hydrogens (primary N) is 1. The van der Waals surface area contributed by atoms with Crippen molar-refractivity contribution in [1.29, 1.82) is 0 Å². The van der Waals surface area contributed by atoms with E-state index in [1.807, 2.05) is 31.2 Å². The molecule has 0 aliphatic carbocycles. The average molecular weight is 286 g/mol. The molecule has 0 saturated carbocycles. The molecule has 1 aromatic heterocycles. The molecule has 4 nitrogen and oxygen atoms in total. The molecule has 2 N–H and O–H groups in total. The minimum atomic E-state index is -0.205. The van der Waals surface area contributed by atoms with Crippen molar-refractivity contribution in [3.63, 3.8) is 0 Å². The molecule has 112 valence electrons. The molecule has 0 bridgehead atoms. The normalized spacial score (nSPS) is 13.7. The summed E-state index contributed by atoms with van der Waals surface area (Å²) in [6, 6.07) is 11.8. The van der Waals surface area contributed by atoms with Gasteiger partial charge in [-0.25, -0.2) is 0 Å². The first kappa shape index (κ1) is 15.5. The number of nitrogens with zero attached hydrogens (tertiary/aromatic N) is 1. The van der Waals surface area contributed by atoms with E-state index in [0.29, 0.717) is 0 Å². The minimum Gasteiger partial charge on any atom is -0.484 e. The molecule has 0 saturated heterocycles. The molecule has 0 aliphatic rings. The summed E-state index contributed by atoms with van der Waals surface area (Å²) in [5.74, 6) is 0.808. The Morgan fingerprint density at radius 2 is 1.95 bits per heavy atom. The van der Waals surface area contributed by atoms with E-state index in [1.165, 1.54) is 5.56 Å². The van der Waals surface area contributed by atoms with Crippen LogP contribution in [0.5, 0.6) is 5.75 Å². The van der Waals surface area contributed by atoms with E-state index in [9.17, 15) is 0 Å². The summed E-state index contributed by atoms with van der Waals surface area (Å²) in [4.78, 5) is 4.13. The van der Waals surface area contributed by atoms with Crippen molar-refractivity contribution < 1.29 is 9.47 Å². The Bertz CT molecular complexity index is 526. The fourth-order valence-corrected chi connectivity index (χ4v) is 2.12. The van der Waals surface area contributed by atoms with Crippen LogP contribution in [0.2, 0.25) is 0 Å². The van der Waals surface area contributed by atoms with Gasteiger partial charge in [-0.2, -0.15) is 0 Å². The van der Waals surface area contributed by atoms with Gasteiger partial charge in [0.25, 0.3) is 0 Å². The van der Waals surface area contributed by atoms with Crippen LogP contribution < -0.4 is 10.5 Å². The molecular formula is C17H22N2O2.